The highest BCUT2D eigenvalue weighted by Crippen LogP contribution is 2.60. The summed E-state index contributed by atoms with van der Waals surface area (Å²) in [5, 5.41) is 12.3. The van der Waals surface area contributed by atoms with Crippen molar-refractivity contribution in [1.29, 1.82) is 0 Å². The van der Waals surface area contributed by atoms with Crippen LogP contribution < -0.4 is 5.32 Å². The number of amides is 1. The molecule has 0 aliphatic heterocycles. The van der Waals surface area contributed by atoms with Gasteiger partial charge in [0, 0.05) is 5.41 Å². The van der Waals surface area contributed by atoms with Crippen molar-refractivity contribution < 1.29 is 14.7 Å². The lowest BCUT2D eigenvalue weighted by atomic mass is 9.49. The normalized spacial score (nSPS) is 34.8. The molecule has 4 aliphatic rings. The molecule has 128 valence electrons. The van der Waals surface area contributed by atoms with Crippen molar-refractivity contribution in [3.05, 3.63) is 35.9 Å². The summed E-state index contributed by atoms with van der Waals surface area (Å²) in [4.78, 5) is 24.4. The lowest BCUT2D eigenvalue weighted by Crippen LogP contribution is -2.54. The number of carboxylic acids is 1. The second kappa shape index (κ2) is 5.91. The molecule has 1 amide bonds. The maximum absolute atomic E-state index is 13.2. The Bertz CT molecular complexity index is 604. The van der Waals surface area contributed by atoms with Crippen LogP contribution in [0.2, 0.25) is 0 Å². The number of carboxylic acid groups (broad SMARTS) is 1. The van der Waals surface area contributed by atoms with Gasteiger partial charge in [-0.25, -0.2) is 0 Å². The van der Waals surface area contributed by atoms with Gasteiger partial charge in [-0.2, -0.15) is 0 Å². The molecule has 0 saturated heterocycles. The average Bonchev–Trinajstić information content (AvgIpc) is 2.53. The van der Waals surface area contributed by atoms with E-state index >= 15 is 0 Å². The van der Waals surface area contributed by atoms with Crippen molar-refractivity contribution in [2.24, 2.45) is 23.2 Å². The molecule has 4 heteroatoms. The maximum Gasteiger partial charge on any atom is 0.305 e. The Labute approximate surface area is 142 Å². The lowest BCUT2D eigenvalue weighted by molar-refractivity contribution is -0.147. The van der Waals surface area contributed by atoms with Gasteiger partial charge in [-0.3, -0.25) is 9.59 Å². The van der Waals surface area contributed by atoms with Gasteiger partial charge in [-0.05, 0) is 61.8 Å². The molecule has 2 N–H and O–H groups in total. The molecule has 0 heterocycles. The van der Waals surface area contributed by atoms with Gasteiger partial charge < -0.3 is 10.4 Å². The van der Waals surface area contributed by atoms with Crippen LogP contribution in [0, 0.1) is 23.2 Å². The zero-order chi connectivity index (χ0) is 16.7. The van der Waals surface area contributed by atoms with E-state index in [1.54, 1.807) is 0 Å². The standard InChI is InChI=1S/C20H25NO3/c22-18(23)9-17(16-4-2-1-3-5-16)21-19(24)20-10-13-6-14(11-20)8-15(7-13)12-20/h1-5,13-15,17H,6-12H2,(H,21,24)(H,22,23). The highest BCUT2D eigenvalue weighted by Gasteiger charge is 2.54. The van der Waals surface area contributed by atoms with Crippen molar-refractivity contribution in [3.8, 4) is 0 Å². The van der Waals surface area contributed by atoms with E-state index in [1.165, 1.54) is 19.3 Å². The Morgan fingerprint density at radius 1 is 1.04 bits per heavy atom. The first kappa shape index (κ1) is 15.7. The van der Waals surface area contributed by atoms with Crippen LogP contribution in [0.5, 0.6) is 0 Å². The van der Waals surface area contributed by atoms with Crippen LogP contribution >= 0.6 is 0 Å². The summed E-state index contributed by atoms with van der Waals surface area (Å²) < 4.78 is 0. The second-order valence-electron chi connectivity index (χ2n) is 8.23. The zero-order valence-electron chi connectivity index (χ0n) is 13.9. The third kappa shape index (κ3) is 2.83. The van der Waals surface area contributed by atoms with Gasteiger partial charge in [0.05, 0.1) is 12.5 Å². The number of rotatable bonds is 5. The van der Waals surface area contributed by atoms with Gasteiger partial charge in [0.1, 0.15) is 0 Å². The van der Waals surface area contributed by atoms with Crippen molar-refractivity contribution >= 4 is 11.9 Å². The molecule has 0 spiro atoms. The molecule has 24 heavy (non-hydrogen) atoms. The molecular formula is C20H25NO3. The molecule has 4 bridgehead atoms. The van der Waals surface area contributed by atoms with E-state index in [1.807, 2.05) is 30.3 Å². The van der Waals surface area contributed by atoms with E-state index in [4.69, 9.17) is 0 Å². The fourth-order valence-electron chi connectivity index (χ4n) is 5.81. The molecule has 4 fully saturated rings. The van der Waals surface area contributed by atoms with Crippen LogP contribution in [0.25, 0.3) is 0 Å². The summed E-state index contributed by atoms with van der Waals surface area (Å²) in [5.74, 6) is 1.33. The lowest BCUT2D eigenvalue weighted by Gasteiger charge is -2.55. The van der Waals surface area contributed by atoms with Gasteiger partial charge in [0.2, 0.25) is 5.91 Å². The Morgan fingerprint density at radius 3 is 2.08 bits per heavy atom. The highest BCUT2D eigenvalue weighted by molar-refractivity contribution is 5.84. The van der Waals surface area contributed by atoms with Crippen LogP contribution in [-0.2, 0) is 9.59 Å². The van der Waals surface area contributed by atoms with Gasteiger partial charge in [-0.1, -0.05) is 30.3 Å². The quantitative estimate of drug-likeness (QED) is 0.869. The maximum atomic E-state index is 13.2. The van der Waals surface area contributed by atoms with E-state index in [9.17, 15) is 14.7 Å². The Kier molecular flexibility index (Phi) is 3.86. The largest absolute Gasteiger partial charge is 0.481 e. The summed E-state index contributed by atoms with van der Waals surface area (Å²) in [5.41, 5.74) is 0.637. The Morgan fingerprint density at radius 2 is 1.58 bits per heavy atom. The first-order valence-electron chi connectivity index (χ1n) is 9.12. The van der Waals surface area contributed by atoms with E-state index in [0.717, 1.165) is 24.8 Å². The zero-order valence-corrected chi connectivity index (χ0v) is 13.9. The van der Waals surface area contributed by atoms with E-state index in [-0.39, 0.29) is 17.7 Å². The van der Waals surface area contributed by atoms with Gasteiger partial charge in [-0.15, -0.1) is 0 Å². The summed E-state index contributed by atoms with van der Waals surface area (Å²) in [6.07, 6.45) is 6.82. The molecule has 4 saturated carbocycles. The van der Waals surface area contributed by atoms with Crippen LogP contribution in [0.15, 0.2) is 30.3 Å². The minimum absolute atomic E-state index is 0.0673. The molecule has 1 aromatic carbocycles. The number of aliphatic carboxylic acids is 1. The van der Waals surface area contributed by atoms with Gasteiger partial charge in [0.25, 0.3) is 0 Å². The van der Waals surface area contributed by atoms with Crippen molar-refractivity contribution in [2.75, 3.05) is 0 Å². The number of hydrogen-bond acceptors (Lipinski definition) is 2. The van der Waals surface area contributed by atoms with Crippen molar-refractivity contribution in [2.45, 2.75) is 51.0 Å². The number of carbonyl (C=O) groups is 2. The Balaban J connectivity index is 1.54. The summed E-state index contributed by atoms with van der Waals surface area (Å²) in [6, 6.07) is 9.04. The third-order valence-corrected chi connectivity index (χ3v) is 6.41. The van der Waals surface area contributed by atoms with E-state index in [2.05, 4.69) is 5.32 Å². The molecular weight excluding hydrogens is 302 g/mol. The molecule has 4 aliphatic carbocycles. The van der Waals surface area contributed by atoms with Crippen LogP contribution in [0.1, 0.15) is 56.6 Å². The number of hydrogen-bond donors (Lipinski definition) is 2. The second-order valence-corrected chi connectivity index (χ2v) is 8.23. The molecule has 4 nitrogen and oxygen atoms in total. The first-order valence-corrected chi connectivity index (χ1v) is 9.12. The predicted octanol–water partition coefficient (Wildman–Crippen LogP) is 3.54. The minimum Gasteiger partial charge on any atom is -0.481 e. The topological polar surface area (TPSA) is 66.4 Å². The molecule has 0 aromatic heterocycles. The first-order chi connectivity index (χ1) is 11.5. The highest BCUT2D eigenvalue weighted by atomic mass is 16.4. The van der Waals surface area contributed by atoms with Crippen LogP contribution in [0.3, 0.4) is 0 Å². The minimum atomic E-state index is -0.880. The van der Waals surface area contributed by atoms with Gasteiger partial charge >= 0.3 is 5.97 Å². The SMILES string of the molecule is O=C(O)CC(NC(=O)C12CC3CC(CC(C3)C1)C2)c1ccccc1. The van der Waals surface area contributed by atoms with Crippen LogP contribution in [-0.4, -0.2) is 17.0 Å². The number of carbonyl (C=O) groups excluding carboxylic acids is 1. The van der Waals surface area contributed by atoms with Crippen molar-refractivity contribution in [3.63, 3.8) is 0 Å². The molecule has 1 unspecified atom stereocenters. The number of benzene rings is 1. The summed E-state index contributed by atoms with van der Waals surface area (Å²) in [7, 11) is 0. The third-order valence-electron chi connectivity index (χ3n) is 6.41. The molecule has 5 rings (SSSR count). The van der Waals surface area contributed by atoms with E-state index in [0.29, 0.717) is 17.8 Å². The smallest absolute Gasteiger partial charge is 0.305 e. The fraction of sp³-hybridized carbons (Fsp3) is 0.600. The number of nitrogens with one attached hydrogen (secondary N) is 1. The van der Waals surface area contributed by atoms with Crippen LogP contribution in [0.4, 0.5) is 0 Å². The summed E-state index contributed by atoms with van der Waals surface area (Å²) in [6.45, 7) is 0. The summed E-state index contributed by atoms with van der Waals surface area (Å²) >= 11 is 0. The molecule has 0 radical (unpaired) electrons. The molecule has 1 atom stereocenters. The Hall–Kier alpha value is -1.84. The monoisotopic (exact) mass is 327 g/mol. The molecule has 1 aromatic rings. The average molecular weight is 327 g/mol. The fourth-order valence-corrected chi connectivity index (χ4v) is 5.81. The van der Waals surface area contributed by atoms with E-state index < -0.39 is 12.0 Å². The predicted molar refractivity (Wildman–Crippen MR) is 90.2 cm³/mol. The van der Waals surface area contributed by atoms with Crippen molar-refractivity contribution in [1.82, 2.24) is 5.32 Å². The van der Waals surface area contributed by atoms with Gasteiger partial charge in [0.15, 0.2) is 0 Å².